The molecule has 11 heteroatoms. The smallest absolute Gasteiger partial charge is 0.425 e. The van der Waals surface area contributed by atoms with E-state index in [0.717, 1.165) is 18.1 Å². The van der Waals surface area contributed by atoms with Crippen molar-refractivity contribution in [2.75, 3.05) is 46.4 Å². The summed E-state index contributed by atoms with van der Waals surface area (Å²) >= 11 is 0. The summed E-state index contributed by atoms with van der Waals surface area (Å²) in [5.74, 6) is -1.89. The summed E-state index contributed by atoms with van der Waals surface area (Å²) in [5.41, 5.74) is 1.85. The van der Waals surface area contributed by atoms with Gasteiger partial charge in [-0.25, -0.2) is 13.6 Å². The Kier molecular flexibility index (Phi) is 8.04. The Morgan fingerprint density at radius 1 is 1.00 bits per heavy atom. The standard InChI is InChI=1S/C22H30F5N3O3/c1-16(22(25,26)27)33-20(31)30-12-10-29(11-13-30)15-18-5-3-4-17(19(18)32-2)14-28-8-6-21(23,24)7-9-28/h3-5,16H,6-15H2,1-2H3. The zero-order valence-corrected chi connectivity index (χ0v) is 18.8. The molecule has 2 saturated heterocycles. The molecule has 2 heterocycles. The highest BCUT2D eigenvalue weighted by atomic mass is 19.4. The van der Waals surface area contributed by atoms with E-state index in [9.17, 15) is 26.7 Å². The molecule has 0 radical (unpaired) electrons. The fourth-order valence-corrected chi connectivity index (χ4v) is 4.05. The van der Waals surface area contributed by atoms with Gasteiger partial charge in [0.1, 0.15) is 5.75 Å². The number of hydrogen-bond donors (Lipinski definition) is 0. The number of alkyl halides is 5. The summed E-state index contributed by atoms with van der Waals surface area (Å²) in [6.45, 7) is 3.98. The quantitative estimate of drug-likeness (QED) is 0.575. The molecular formula is C22H30F5N3O3. The SMILES string of the molecule is COc1c(CN2CCN(C(=O)OC(C)C(F)(F)F)CC2)cccc1CN1CCC(F)(F)CC1. The first-order valence-corrected chi connectivity index (χ1v) is 11.0. The number of benzene rings is 1. The highest BCUT2D eigenvalue weighted by molar-refractivity contribution is 5.68. The van der Waals surface area contributed by atoms with Crippen LogP contribution in [0.1, 0.15) is 30.9 Å². The lowest BCUT2D eigenvalue weighted by Crippen LogP contribution is -2.49. The maximum atomic E-state index is 13.4. The maximum Gasteiger partial charge on any atom is 0.425 e. The average Bonchev–Trinajstić information content (AvgIpc) is 2.75. The molecule has 1 amide bonds. The van der Waals surface area contributed by atoms with Crippen molar-refractivity contribution >= 4 is 6.09 Å². The van der Waals surface area contributed by atoms with E-state index in [4.69, 9.17) is 4.74 Å². The minimum absolute atomic E-state index is 0.149. The molecule has 33 heavy (non-hydrogen) atoms. The van der Waals surface area contributed by atoms with Crippen LogP contribution in [0.25, 0.3) is 0 Å². The highest BCUT2D eigenvalue weighted by Crippen LogP contribution is 2.31. The summed E-state index contributed by atoms with van der Waals surface area (Å²) in [6.07, 6.45) is -8.01. The van der Waals surface area contributed by atoms with Crippen molar-refractivity contribution in [2.45, 2.75) is 51.1 Å². The van der Waals surface area contributed by atoms with E-state index >= 15 is 0 Å². The number of likely N-dealkylation sites (tertiary alicyclic amines) is 1. The molecule has 0 aromatic heterocycles. The number of carbonyl (C=O) groups is 1. The van der Waals surface area contributed by atoms with Gasteiger partial charge in [0.05, 0.1) is 7.11 Å². The fraction of sp³-hybridized carbons (Fsp3) is 0.682. The number of nitrogens with zero attached hydrogens (tertiary/aromatic N) is 3. The third-order valence-electron chi connectivity index (χ3n) is 6.13. The van der Waals surface area contributed by atoms with Crippen LogP contribution in [0.5, 0.6) is 5.75 Å². The van der Waals surface area contributed by atoms with E-state index in [1.807, 2.05) is 23.1 Å². The van der Waals surface area contributed by atoms with Crippen LogP contribution in [-0.2, 0) is 17.8 Å². The molecular weight excluding hydrogens is 449 g/mol. The Bertz CT molecular complexity index is 803. The summed E-state index contributed by atoms with van der Waals surface area (Å²) < 4.78 is 74.9. The van der Waals surface area contributed by atoms with Crippen LogP contribution in [0.3, 0.4) is 0 Å². The first kappa shape index (κ1) is 25.5. The second kappa shape index (κ2) is 10.4. The monoisotopic (exact) mass is 479 g/mol. The minimum atomic E-state index is -4.59. The molecule has 0 spiro atoms. The normalized spacial score (nSPS) is 21.0. The first-order valence-electron chi connectivity index (χ1n) is 11.0. The van der Waals surface area contributed by atoms with Crippen molar-refractivity contribution in [3.05, 3.63) is 29.3 Å². The molecule has 3 rings (SSSR count). The molecule has 186 valence electrons. The Morgan fingerprint density at radius 2 is 1.52 bits per heavy atom. The van der Waals surface area contributed by atoms with Crippen molar-refractivity contribution in [2.24, 2.45) is 0 Å². The van der Waals surface area contributed by atoms with Gasteiger partial charge < -0.3 is 14.4 Å². The summed E-state index contributed by atoms with van der Waals surface area (Å²) in [4.78, 5) is 17.4. The molecule has 2 aliphatic heterocycles. The molecule has 0 aliphatic carbocycles. The number of carbonyl (C=O) groups excluding carboxylic acids is 1. The zero-order valence-electron chi connectivity index (χ0n) is 18.8. The van der Waals surface area contributed by atoms with Gasteiger partial charge in [0.15, 0.2) is 6.10 Å². The maximum absolute atomic E-state index is 13.4. The average molecular weight is 479 g/mol. The molecule has 1 aromatic carbocycles. The number of ether oxygens (including phenoxy) is 2. The van der Waals surface area contributed by atoms with E-state index in [2.05, 4.69) is 9.64 Å². The van der Waals surface area contributed by atoms with Gasteiger partial charge in [0.2, 0.25) is 0 Å². The van der Waals surface area contributed by atoms with Gasteiger partial charge in [0, 0.05) is 76.3 Å². The van der Waals surface area contributed by atoms with E-state index in [-0.39, 0.29) is 25.9 Å². The lowest BCUT2D eigenvalue weighted by atomic mass is 10.0. The Morgan fingerprint density at radius 3 is 2.00 bits per heavy atom. The number of amides is 1. The minimum Gasteiger partial charge on any atom is -0.496 e. The second-order valence-corrected chi connectivity index (χ2v) is 8.57. The zero-order chi connectivity index (χ0) is 24.2. The van der Waals surface area contributed by atoms with Crippen LogP contribution in [0.2, 0.25) is 0 Å². The van der Waals surface area contributed by atoms with Crippen LogP contribution in [0.15, 0.2) is 18.2 Å². The molecule has 6 nitrogen and oxygen atoms in total. The summed E-state index contributed by atoms with van der Waals surface area (Å²) in [5, 5.41) is 0. The van der Waals surface area contributed by atoms with Crippen LogP contribution in [-0.4, -0.2) is 85.4 Å². The largest absolute Gasteiger partial charge is 0.496 e. The number of piperidine rings is 1. The van der Waals surface area contributed by atoms with Crippen LogP contribution >= 0.6 is 0 Å². The number of hydrogen-bond acceptors (Lipinski definition) is 5. The number of halogens is 5. The summed E-state index contributed by atoms with van der Waals surface area (Å²) in [7, 11) is 1.57. The van der Waals surface area contributed by atoms with Crippen molar-refractivity contribution in [1.29, 1.82) is 0 Å². The second-order valence-electron chi connectivity index (χ2n) is 8.57. The summed E-state index contributed by atoms with van der Waals surface area (Å²) in [6, 6.07) is 5.75. The molecule has 1 aromatic rings. The Hall–Kier alpha value is -2.14. The van der Waals surface area contributed by atoms with Crippen LogP contribution in [0, 0.1) is 0 Å². The lowest BCUT2D eigenvalue weighted by Gasteiger charge is -2.35. The van der Waals surface area contributed by atoms with E-state index < -0.39 is 24.3 Å². The molecule has 0 N–H and O–H groups in total. The number of piperazine rings is 1. The number of rotatable bonds is 6. The molecule has 0 bridgehead atoms. The Labute approximate surface area is 190 Å². The van der Waals surface area contributed by atoms with Crippen LogP contribution in [0.4, 0.5) is 26.7 Å². The van der Waals surface area contributed by atoms with Gasteiger partial charge in [-0.1, -0.05) is 18.2 Å². The molecule has 1 atom stereocenters. The third-order valence-corrected chi connectivity index (χ3v) is 6.13. The van der Waals surface area contributed by atoms with Gasteiger partial charge in [0.25, 0.3) is 5.92 Å². The van der Waals surface area contributed by atoms with Crippen molar-refractivity contribution < 1.29 is 36.2 Å². The topological polar surface area (TPSA) is 45.3 Å². The van der Waals surface area contributed by atoms with Gasteiger partial charge in [-0.3, -0.25) is 9.80 Å². The fourth-order valence-electron chi connectivity index (χ4n) is 4.05. The number of para-hydroxylation sites is 1. The predicted molar refractivity (Wildman–Crippen MR) is 111 cm³/mol. The van der Waals surface area contributed by atoms with Gasteiger partial charge in [-0.05, 0) is 6.92 Å². The van der Waals surface area contributed by atoms with Crippen molar-refractivity contribution in [3.8, 4) is 5.75 Å². The molecule has 0 saturated carbocycles. The molecule has 2 aliphatic rings. The lowest BCUT2D eigenvalue weighted by molar-refractivity contribution is -0.200. The van der Waals surface area contributed by atoms with Gasteiger partial charge >= 0.3 is 12.3 Å². The molecule has 1 unspecified atom stereocenters. The molecule has 2 fully saturated rings. The predicted octanol–water partition coefficient (Wildman–Crippen LogP) is 4.13. The van der Waals surface area contributed by atoms with Gasteiger partial charge in [-0.15, -0.1) is 0 Å². The van der Waals surface area contributed by atoms with Crippen molar-refractivity contribution in [3.63, 3.8) is 0 Å². The first-order chi connectivity index (χ1) is 15.5. The highest BCUT2D eigenvalue weighted by Gasteiger charge is 2.40. The van der Waals surface area contributed by atoms with E-state index in [1.54, 1.807) is 7.11 Å². The van der Waals surface area contributed by atoms with E-state index in [1.165, 1.54) is 4.90 Å². The number of methoxy groups -OCH3 is 1. The van der Waals surface area contributed by atoms with Gasteiger partial charge in [-0.2, -0.15) is 13.2 Å². The Balaban J connectivity index is 1.55. The van der Waals surface area contributed by atoms with Crippen molar-refractivity contribution in [1.82, 2.24) is 14.7 Å². The van der Waals surface area contributed by atoms with Crippen LogP contribution < -0.4 is 4.74 Å². The third kappa shape index (κ3) is 6.92. The van der Waals surface area contributed by atoms with E-state index in [0.29, 0.717) is 45.0 Å².